The van der Waals surface area contributed by atoms with Crippen LogP contribution in [0.5, 0.6) is 0 Å². The van der Waals surface area contributed by atoms with Crippen molar-refractivity contribution < 1.29 is 9.18 Å². The molecule has 1 aromatic carbocycles. The Bertz CT molecular complexity index is 529. The largest absolute Gasteiger partial charge is 0.325 e. The number of nitrogens with zero attached hydrogens (tertiary/aromatic N) is 2. The van der Waals surface area contributed by atoms with Crippen LogP contribution in [0.2, 0.25) is 0 Å². The van der Waals surface area contributed by atoms with Crippen molar-refractivity contribution in [1.29, 1.82) is 0 Å². The Labute approximate surface area is 92.5 Å². The average Bonchev–Trinajstić information content (AvgIpc) is 2.55. The summed E-state index contributed by atoms with van der Waals surface area (Å²) in [4.78, 5) is 15.1. The second-order valence-corrected chi connectivity index (χ2v) is 3.59. The highest BCUT2D eigenvalue weighted by Crippen LogP contribution is 2.20. The van der Waals surface area contributed by atoms with Crippen molar-refractivity contribution in [1.82, 2.24) is 9.55 Å². The topological polar surface area (TPSA) is 34.9 Å². The van der Waals surface area contributed by atoms with Crippen LogP contribution in [0.3, 0.4) is 0 Å². The number of carbonyl (C=O) groups excluding carboxylic acids is 1. The normalized spacial score (nSPS) is 10.4. The lowest BCUT2D eigenvalue weighted by Crippen LogP contribution is -1.97. The lowest BCUT2D eigenvalue weighted by atomic mass is 10.2. The molecule has 0 unspecified atom stereocenters. The molecule has 0 radical (unpaired) electrons. The van der Waals surface area contributed by atoms with E-state index in [1.807, 2.05) is 0 Å². The first-order valence-electron chi connectivity index (χ1n) is 4.88. The molecule has 0 saturated carbocycles. The van der Waals surface area contributed by atoms with Crippen molar-refractivity contribution in [2.75, 3.05) is 0 Å². The number of rotatable bonds is 2. The van der Waals surface area contributed by atoms with Gasteiger partial charge < -0.3 is 4.57 Å². The molecular formula is C12H11FN2O. The first-order chi connectivity index (χ1) is 7.63. The molecular weight excluding hydrogens is 207 g/mol. The summed E-state index contributed by atoms with van der Waals surface area (Å²) in [5.74, 6) is 0.380. The van der Waals surface area contributed by atoms with E-state index < -0.39 is 0 Å². The van der Waals surface area contributed by atoms with Crippen LogP contribution in [0, 0.1) is 12.7 Å². The summed E-state index contributed by atoms with van der Waals surface area (Å²) in [6, 6.07) is 6.04. The van der Waals surface area contributed by atoms with E-state index >= 15 is 0 Å². The molecule has 82 valence electrons. The smallest absolute Gasteiger partial charge is 0.168 e. The van der Waals surface area contributed by atoms with Crippen LogP contribution in [0.15, 0.2) is 24.3 Å². The molecule has 0 aliphatic carbocycles. The van der Waals surface area contributed by atoms with Gasteiger partial charge in [0.1, 0.15) is 17.3 Å². The molecule has 1 aromatic heterocycles. The first-order valence-corrected chi connectivity index (χ1v) is 4.88. The van der Waals surface area contributed by atoms with Crippen molar-refractivity contribution in [3.05, 3.63) is 41.5 Å². The van der Waals surface area contributed by atoms with E-state index in [2.05, 4.69) is 4.98 Å². The molecule has 2 rings (SSSR count). The third kappa shape index (κ3) is 1.62. The van der Waals surface area contributed by atoms with Gasteiger partial charge in [-0.15, -0.1) is 0 Å². The van der Waals surface area contributed by atoms with Gasteiger partial charge in [-0.1, -0.05) is 0 Å². The fourth-order valence-electron chi connectivity index (χ4n) is 1.67. The summed E-state index contributed by atoms with van der Waals surface area (Å²) >= 11 is 0. The zero-order valence-electron chi connectivity index (χ0n) is 9.07. The second kappa shape index (κ2) is 3.89. The van der Waals surface area contributed by atoms with Gasteiger partial charge in [-0.05, 0) is 31.2 Å². The molecule has 4 heteroatoms. The maximum atomic E-state index is 12.8. The van der Waals surface area contributed by atoms with Gasteiger partial charge >= 0.3 is 0 Å². The summed E-state index contributed by atoms with van der Waals surface area (Å²) in [5, 5.41) is 0. The van der Waals surface area contributed by atoms with Gasteiger partial charge in [0.15, 0.2) is 6.29 Å². The highest BCUT2D eigenvalue weighted by atomic mass is 19.1. The minimum Gasteiger partial charge on any atom is -0.325 e. The highest BCUT2D eigenvalue weighted by molar-refractivity contribution is 5.76. The number of aromatic nitrogens is 2. The van der Waals surface area contributed by atoms with Crippen LogP contribution in [-0.4, -0.2) is 15.8 Å². The van der Waals surface area contributed by atoms with E-state index in [0.29, 0.717) is 17.2 Å². The van der Waals surface area contributed by atoms with Gasteiger partial charge in [-0.2, -0.15) is 0 Å². The summed E-state index contributed by atoms with van der Waals surface area (Å²) in [7, 11) is 1.77. The maximum absolute atomic E-state index is 12.8. The van der Waals surface area contributed by atoms with Gasteiger partial charge in [-0.25, -0.2) is 9.37 Å². The molecule has 16 heavy (non-hydrogen) atoms. The SMILES string of the molecule is Cc1nc(-c2ccc(F)cc2)n(C)c1C=O. The zero-order chi connectivity index (χ0) is 11.7. The Balaban J connectivity index is 2.56. The Hall–Kier alpha value is -1.97. The van der Waals surface area contributed by atoms with Gasteiger partial charge in [0.25, 0.3) is 0 Å². The molecule has 0 bridgehead atoms. The molecule has 0 atom stereocenters. The summed E-state index contributed by atoms with van der Waals surface area (Å²) < 4.78 is 14.5. The van der Waals surface area contributed by atoms with Crippen molar-refractivity contribution in [3.63, 3.8) is 0 Å². The second-order valence-electron chi connectivity index (χ2n) is 3.59. The summed E-state index contributed by atoms with van der Waals surface area (Å²) in [5.41, 5.74) is 2.01. The van der Waals surface area contributed by atoms with Crippen LogP contribution in [0.4, 0.5) is 4.39 Å². The number of carbonyl (C=O) groups is 1. The van der Waals surface area contributed by atoms with Crippen molar-refractivity contribution in [3.8, 4) is 11.4 Å². The standard InChI is InChI=1S/C12H11FN2O/c1-8-11(7-16)15(2)12(14-8)9-3-5-10(13)6-4-9/h3-7H,1-2H3. The molecule has 0 aliphatic rings. The molecule has 0 saturated heterocycles. The van der Waals surface area contributed by atoms with Crippen LogP contribution < -0.4 is 0 Å². The predicted octanol–water partition coefficient (Wildman–Crippen LogP) is 2.35. The van der Waals surface area contributed by atoms with E-state index in [1.165, 1.54) is 12.1 Å². The van der Waals surface area contributed by atoms with Gasteiger partial charge in [-0.3, -0.25) is 4.79 Å². The van der Waals surface area contributed by atoms with Gasteiger partial charge in [0.2, 0.25) is 0 Å². The minimum atomic E-state index is -0.287. The lowest BCUT2D eigenvalue weighted by Gasteiger charge is -2.02. The van der Waals surface area contributed by atoms with Crippen LogP contribution >= 0.6 is 0 Å². The maximum Gasteiger partial charge on any atom is 0.168 e. The monoisotopic (exact) mass is 218 g/mol. The van der Waals surface area contributed by atoms with Crippen molar-refractivity contribution in [2.45, 2.75) is 6.92 Å². The van der Waals surface area contributed by atoms with E-state index in [9.17, 15) is 9.18 Å². The molecule has 0 aliphatic heterocycles. The lowest BCUT2D eigenvalue weighted by molar-refractivity contribution is 0.111. The van der Waals surface area contributed by atoms with Gasteiger partial charge in [0, 0.05) is 12.6 Å². The van der Waals surface area contributed by atoms with Crippen molar-refractivity contribution in [2.24, 2.45) is 7.05 Å². The molecule has 2 aromatic rings. The molecule has 0 spiro atoms. The van der Waals surface area contributed by atoms with Crippen LogP contribution in [0.1, 0.15) is 16.2 Å². The average molecular weight is 218 g/mol. The first kappa shape index (κ1) is 10.5. The fourth-order valence-corrected chi connectivity index (χ4v) is 1.67. The molecule has 3 nitrogen and oxygen atoms in total. The van der Waals surface area contributed by atoms with Crippen LogP contribution in [-0.2, 0) is 7.05 Å². The molecule has 0 N–H and O–H groups in total. The molecule has 1 heterocycles. The number of imidazole rings is 1. The van der Waals surface area contributed by atoms with E-state index in [0.717, 1.165) is 11.8 Å². The van der Waals surface area contributed by atoms with Crippen molar-refractivity contribution >= 4 is 6.29 Å². The highest BCUT2D eigenvalue weighted by Gasteiger charge is 2.11. The number of aldehydes is 1. The van der Waals surface area contributed by atoms with Gasteiger partial charge in [0.05, 0.1) is 5.69 Å². The Morgan fingerprint density at radius 2 is 1.94 bits per heavy atom. The molecule has 0 amide bonds. The third-order valence-corrected chi connectivity index (χ3v) is 2.54. The number of hydrogen-bond donors (Lipinski definition) is 0. The zero-order valence-corrected chi connectivity index (χ0v) is 9.07. The minimum absolute atomic E-state index is 0.287. The Morgan fingerprint density at radius 3 is 2.44 bits per heavy atom. The number of hydrogen-bond acceptors (Lipinski definition) is 2. The molecule has 0 fully saturated rings. The number of benzene rings is 1. The van der Waals surface area contributed by atoms with E-state index in [1.54, 1.807) is 30.7 Å². The Kier molecular flexibility index (Phi) is 2.56. The number of halogens is 1. The summed E-state index contributed by atoms with van der Waals surface area (Å²) in [6.07, 6.45) is 0.773. The Morgan fingerprint density at radius 1 is 1.31 bits per heavy atom. The van der Waals surface area contributed by atoms with Crippen LogP contribution in [0.25, 0.3) is 11.4 Å². The quantitative estimate of drug-likeness (QED) is 0.725. The third-order valence-electron chi connectivity index (χ3n) is 2.54. The fraction of sp³-hybridized carbons (Fsp3) is 0.167. The predicted molar refractivity (Wildman–Crippen MR) is 58.7 cm³/mol. The van der Waals surface area contributed by atoms with E-state index in [-0.39, 0.29) is 5.82 Å². The summed E-state index contributed by atoms with van der Waals surface area (Å²) in [6.45, 7) is 1.77. The number of aryl methyl sites for hydroxylation is 1. The van der Waals surface area contributed by atoms with E-state index in [4.69, 9.17) is 0 Å².